The van der Waals surface area contributed by atoms with Crippen molar-refractivity contribution in [2.45, 2.75) is 51.0 Å². The smallest absolute Gasteiger partial charge is 0.251 e. The SMILES string of the molecule is COc1ccc(C(C)=O)cc1-c1ccc([C@@H]2CC23CCN(C(=O)[C@H]2CCCO2)CC3)cc1. The number of amides is 1. The van der Waals surface area contributed by atoms with Crippen LogP contribution in [-0.2, 0) is 9.53 Å². The quantitative estimate of drug-likeness (QED) is 0.633. The van der Waals surface area contributed by atoms with Crippen LogP contribution in [0, 0.1) is 5.41 Å². The number of nitrogens with zero attached hydrogens (tertiary/aromatic N) is 1. The molecule has 3 fully saturated rings. The van der Waals surface area contributed by atoms with E-state index in [-0.39, 0.29) is 17.8 Å². The number of Topliss-reactive ketones (excluding diaryl/α,β-unsaturated/α-hetero) is 1. The zero-order valence-corrected chi connectivity index (χ0v) is 18.9. The maximum absolute atomic E-state index is 12.6. The molecule has 0 radical (unpaired) electrons. The van der Waals surface area contributed by atoms with E-state index in [1.165, 1.54) is 12.0 Å². The predicted octanol–water partition coefficient (Wildman–Crippen LogP) is 4.84. The molecule has 2 atom stereocenters. The molecule has 5 heteroatoms. The highest BCUT2D eigenvalue weighted by Crippen LogP contribution is 2.65. The van der Waals surface area contributed by atoms with Gasteiger partial charge in [-0.2, -0.15) is 0 Å². The number of carbonyl (C=O) groups excluding carboxylic acids is 2. The van der Waals surface area contributed by atoms with E-state index >= 15 is 0 Å². The highest BCUT2D eigenvalue weighted by molar-refractivity contribution is 5.96. The van der Waals surface area contributed by atoms with Gasteiger partial charge >= 0.3 is 0 Å². The fraction of sp³-hybridized carbons (Fsp3) is 0.481. The molecule has 2 heterocycles. The van der Waals surface area contributed by atoms with E-state index in [9.17, 15) is 9.59 Å². The minimum absolute atomic E-state index is 0.0507. The topological polar surface area (TPSA) is 55.8 Å². The predicted molar refractivity (Wildman–Crippen MR) is 123 cm³/mol. The van der Waals surface area contributed by atoms with Gasteiger partial charge in [0.25, 0.3) is 5.91 Å². The van der Waals surface area contributed by atoms with Gasteiger partial charge in [-0.15, -0.1) is 0 Å². The summed E-state index contributed by atoms with van der Waals surface area (Å²) in [5.74, 6) is 1.59. The van der Waals surface area contributed by atoms with Crippen molar-refractivity contribution in [1.29, 1.82) is 0 Å². The van der Waals surface area contributed by atoms with Crippen LogP contribution in [0.4, 0.5) is 0 Å². The highest BCUT2D eigenvalue weighted by atomic mass is 16.5. The number of ketones is 1. The third kappa shape index (κ3) is 3.83. The molecule has 0 aromatic heterocycles. The number of piperidine rings is 1. The van der Waals surface area contributed by atoms with E-state index in [0.29, 0.717) is 16.9 Å². The first-order valence-electron chi connectivity index (χ1n) is 11.7. The van der Waals surface area contributed by atoms with Gasteiger partial charge in [0.15, 0.2) is 5.78 Å². The first kappa shape index (κ1) is 21.2. The van der Waals surface area contributed by atoms with Crippen molar-refractivity contribution in [3.05, 3.63) is 53.6 Å². The number of benzene rings is 2. The van der Waals surface area contributed by atoms with Crippen molar-refractivity contribution in [2.75, 3.05) is 26.8 Å². The summed E-state index contributed by atoms with van der Waals surface area (Å²) >= 11 is 0. The van der Waals surface area contributed by atoms with E-state index in [2.05, 4.69) is 24.3 Å². The molecule has 1 aliphatic carbocycles. The van der Waals surface area contributed by atoms with Crippen molar-refractivity contribution in [2.24, 2.45) is 5.41 Å². The maximum Gasteiger partial charge on any atom is 0.251 e. The normalized spacial score (nSPS) is 23.9. The Balaban J connectivity index is 1.26. The van der Waals surface area contributed by atoms with E-state index < -0.39 is 0 Å². The number of ether oxygens (including phenoxy) is 2. The molecule has 2 aliphatic heterocycles. The molecule has 32 heavy (non-hydrogen) atoms. The van der Waals surface area contributed by atoms with E-state index in [1.54, 1.807) is 14.0 Å². The average molecular weight is 434 g/mol. The molecule has 0 unspecified atom stereocenters. The lowest BCUT2D eigenvalue weighted by atomic mass is 9.88. The van der Waals surface area contributed by atoms with Gasteiger partial charge in [-0.1, -0.05) is 24.3 Å². The van der Waals surface area contributed by atoms with Crippen molar-refractivity contribution in [3.8, 4) is 16.9 Å². The first-order chi connectivity index (χ1) is 15.5. The minimum atomic E-state index is -0.204. The second-order valence-corrected chi connectivity index (χ2v) is 9.54. The fourth-order valence-electron chi connectivity index (χ4n) is 5.57. The zero-order valence-electron chi connectivity index (χ0n) is 18.9. The Kier molecular flexibility index (Phi) is 5.54. The largest absolute Gasteiger partial charge is 0.496 e. The summed E-state index contributed by atoms with van der Waals surface area (Å²) in [6, 6.07) is 14.3. The minimum Gasteiger partial charge on any atom is -0.496 e. The Morgan fingerprint density at radius 3 is 2.47 bits per heavy atom. The number of rotatable bonds is 5. The Bertz CT molecular complexity index is 1010. The molecule has 0 N–H and O–H groups in total. The lowest BCUT2D eigenvalue weighted by molar-refractivity contribution is -0.142. The van der Waals surface area contributed by atoms with Crippen LogP contribution in [0.5, 0.6) is 5.75 Å². The monoisotopic (exact) mass is 433 g/mol. The number of likely N-dealkylation sites (tertiary alicyclic amines) is 1. The van der Waals surface area contributed by atoms with Crippen molar-refractivity contribution in [3.63, 3.8) is 0 Å². The molecule has 2 aromatic carbocycles. The van der Waals surface area contributed by atoms with Crippen LogP contribution in [0.25, 0.3) is 11.1 Å². The molecule has 5 rings (SSSR count). The van der Waals surface area contributed by atoms with Gasteiger partial charge in [0, 0.05) is 30.8 Å². The van der Waals surface area contributed by atoms with Gasteiger partial charge in [0.1, 0.15) is 11.9 Å². The Morgan fingerprint density at radius 1 is 1.09 bits per heavy atom. The van der Waals surface area contributed by atoms with Crippen molar-refractivity contribution < 1.29 is 19.1 Å². The zero-order chi connectivity index (χ0) is 22.3. The Morgan fingerprint density at radius 2 is 1.84 bits per heavy atom. The number of hydrogen-bond donors (Lipinski definition) is 0. The van der Waals surface area contributed by atoms with E-state index in [0.717, 1.165) is 62.3 Å². The van der Waals surface area contributed by atoms with Crippen LogP contribution in [0.2, 0.25) is 0 Å². The third-order valence-electron chi connectivity index (χ3n) is 7.70. The molecule has 2 aromatic rings. The summed E-state index contributed by atoms with van der Waals surface area (Å²) in [6.07, 6.45) is 5.02. The van der Waals surface area contributed by atoms with Crippen LogP contribution in [0.3, 0.4) is 0 Å². The highest BCUT2D eigenvalue weighted by Gasteiger charge is 2.55. The molecule has 2 saturated heterocycles. The van der Waals surface area contributed by atoms with Gasteiger partial charge in [-0.3, -0.25) is 9.59 Å². The van der Waals surface area contributed by atoms with Gasteiger partial charge in [0.05, 0.1) is 7.11 Å². The Hall–Kier alpha value is -2.66. The summed E-state index contributed by atoms with van der Waals surface area (Å²) in [7, 11) is 1.66. The number of carbonyl (C=O) groups is 2. The molecular weight excluding hydrogens is 402 g/mol. The molecule has 1 amide bonds. The summed E-state index contributed by atoms with van der Waals surface area (Å²) in [5.41, 5.74) is 4.41. The van der Waals surface area contributed by atoms with Crippen LogP contribution >= 0.6 is 0 Å². The van der Waals surface area contributed by atoms with E-state index in [1.807, 2.05) is 23.1 Å². The van der Waals surface area contributed by atoms with Crippen LogP contribution in [-0.4, -0.2) is 49.5 Å². The van der Waals surface area contributed by atoms with Crippen LogP contribution < -0.4 is 4.74 Å². The van der Waals surface area contributed by atoms with Crippen molar-refractivity contribution in [1.82, 2.24) is 4.90 Å². The van der Waals surface area contributed by atoms with Crippen LogP contribution in [0.1, 0.15) is 60.9 Å². The number of methoxy groups -OCH3 is 1. The van der Waals surface area contributed by atoms with Gasteiger partial charge in [0.2, 0.25) is 0 Å². The third-order valence-corrected chi connectivity index (χ3v) is 7.70. The lowest BCUT2D eigenvalue weighted by Crippen LogP contribution is -2.44. The molecule has 3 aliphatic rings. The molecule has 1 spiro atoms. The van der Waals surface area contributed by atoms with Crippen LogP contribution in [0.15, 0.2) is 42.5 Å². The molecule has 0 bridgehead atoms. The molecule has 5 nitrogen and oxygen atoms in total. The maximum atomic E-state index is 12.6. The first-order valence-corrected chi connectivity index (χ1v) is 11.7. The second-order valence-electron chi connectivity index (χ2n) is 9.54. The number of hydrogen-bond acceptors (Lipinski definition) is 4. The average Bonchev–Trinajstić information content (AvgIpc) is 3.24. The van der Waals surface area contributed by atoms with Gasteiger partial charge < -0.3 is 14.4 Å². The standard InChI is InChI=1S/C27H31NO4/c1-18(29)21-9-10-24(31-2)22(16-21)19-5-7-20(8-6-19)23-17-27(23)11-13-28(14-12-27)26(30)25-4-3-15-32-25/h5-10,16,23,25H,3-4,11-15,17H2,1-2H3/t23-,25+/m0/s1. The summed E-state index contributed by atoms with van der Waals surface area (Å²) in [5, 5.41) is 0. The summed E-state index contributed by atoms with van der Waals surface area (Å²) < 4.78 is 11.1. The van der Waals surface area contributed by atoms with Gasteiger partial charge in [-0.25, -0.2) is 0 Å². The molecular formula is C27H31NO4. The second kappa shape index (κ2) is 8.36. The van der Waals surface area contributed by atoms with E-state index in [4.69, 9.17) is 9.47 Å². The lowest BCUT2D eigenvalue weighted by Gasteiger charge is -2.34. The fourth-order valence-corrected chi connectivity index (χ4v) is 5.57. The molecule has 168 valence electrons. The summed E-state index contributed by atoms with van der Waals surface area (Å²) in [6.45, 7) is 4.00. The molecule has 1 saturated carbocycles. The van der Waals surface area contributed by atoms with Crippen molar-refractivity contribution >= 4 is 11.7 Å². The summed E-state index contributed by atoms with van der Waals surface area (Å²) in [4.78, 5) is 26.5. The van der Waals surface area contributed by atoms with Gasteiger partial charge in [-0.05, 0) is 79.7 Å². The Labute approximate surface area is 189 Å².